The smallest absolute Gasteiger partial charge is 0.221 e. The second kappa shape index (κ2) is 5.16. The van der Waals surface area contributed by atoms with Crippen molar-refractivity contribution in [2.75, 3.05) is 17.7 Å². The summed E-state index contributed by atoms with van der Waals surface area (Å²) in [6.07, 6.45) is 0. The molecule has 0 fully saturated rings. The predicted octanol–water partition coefficient (Wildman–Crippen LogP) is 1.61. The highest BCUT2D eigenvalue weighted by atomic mass is 16.5. The summed E-state index contributed by atoms with van der Waals surface area (Å²) in [4.78, 5) is 21.8. The van der Waals surface area contributed by atoms with Crippen LogP contribution in [0.5, 0.6) is 5.75 Å². The molecule has 0 saturated carbocycles. The number of rotatable bonds is 3. The van der Waals surface area contributed by atoms with E-state index in [1.165, 1.54) is 21.0 Å². The van der Waals surface area contributed by atoms with Gasteiger partial charge < -0.3 is 15.4 Å². The fourth-order valence-electron chi connectivity index (χ4n) is 1.27. The van der Waals surface area contributed by atoms with Crippen molar-refractivity contribution in [3.05, 3.63) is 18.2 Å². The van der Waals surface area contributed by atoms with Crippen molar-refractivity contribution >= 4 is 23.2 Å². The van der Waals surface area contributed by atoms with Crippen LogP contribution in [0, 0.1) is 0 Å². The first kappa shape index (κ1) is 12.0. The maximum atomic E-state index is 10.9. The Kier molecular flexibility index (Phi) is 3.88. The lowest BCUT2D eigenvalue weighted by atomic mass is 10.2. The zero-order valence-corrected chi connectivity index (χ0v) is 9.46. The van der Waals surface area contributed by atoms with Gasteiger partial charge in [-0.2, -0.15) is 0 Å². The summed E-state index contributed by atoms with van der Waals surface area (Å²) in [5.41, 5.74) is 1.20. The summed E-state index contributed by atoms with van der Waals surface area (Å²) in [5.74, 6) is 0.168. The minimum Gasteiger partial charge on any atom is -0.494 e. The van der Waals surface area contributed by atoms with E-state index in [0.29, 0.717) is 17.1 Å². The Morgan fingerprint density at radius 3 is 2.25 bits per heavy atom. The van der Waals surface area contributed by atoms with Crippen LogP contribution in [-0.2, 0) is 9.59 Å². The minimum absolute atomic E-state index is 0.158. The summed E-state index contributed by atoms with van der Waals surface area (Å²) >= 11 is 0. The SMILES string of the molecule is COc1cc(NC(C)=O)ccc1NC(C)=O. The van der Waals surface area contributed by atoms with E-state index in [2.05, 4.69) is 10.6 Å². The molecule has 0 aliphatic carbocycles. The third-order valence-corrected chi connectivity index (χ3v) is 1.83. The quantitative estimate of drug-likeness (QED) is 0.816. The van der Waals surface area contributed by atoms with Crippen LogP contribution in [0.15, 0.2) is 18.2 Å². The van der Waals surface area contributed by atoms with Crippen molar-refractivity contribution in [2.45, 2.75) is 13.8 Å². The van der Waals surface area contributed by atoms with Gasteiger partial charge >= 0.3 is 0 Å². The summed E-state index contributed by atoms with van der Waals surface area (Å²) in [7, 11) is 1.50. The minimum atomic E-state index is -0.175. The maximum Gasteiger partial charge on any atom is 0.221 e. The van der Waals surface area contributed by atoms with Gasteiger partial charge in [-0.25, -0.2) is 0 Å². The molecule has 0 aromatic heterocycles. The molecule has 0 radical (unpaired) electrons. The Morgan fingerprint density at radius 1 is 1.12 bits per heavy atom. The average Bonchev–Trinajstić information content (AvgIpc) is 2.18. The Morgan fingerprint density at radius 2 is 1.75 bits per heavy atom. The number of amides is 2. The fraction of sp³-hybridized carbons (Fsp3) is 0.273. The lowest BCUT2D eigenvalue weighted by molar-refractivity contribution is -0.115. The summed E-state index contributed by atoms with van der Waals surface area (Å²) in [5, 5.41) is 5.26. The van der Waals surface area contributed by atoms with Gasteiger partial charge in [-0.1, -0.05) is 0 Å². The third kappa shape index (κ3) is 3.27. The van der Waals surface area contributed by atoms with Crippen LogP contribution in [0.4, 0.5) is 11.4 Å². The number of nitrogens with one attached hydrogen (secondary N) is 2. The normalized spacial score (nSPS) is 9.44. The van der Waals surface area contributed by atoms with Gasteiger partial charge in [0.15, 0.2) is 0 Å². The lowest BCUT2D eigenvalue weighted by Crippen LogP contribution is -2.09. The Bertz CT molecular complexity index is 416. The molecule has 2 amide bonds. The number of ether oxygens (including phenoxy) is 1. The molecule has 0 bridgehead atoms. The summed E-state index contributed by atoms with van der Waals surface area (Å²) in [6.45, 7) is 2.84. The molecule has 0 atom stereocenters. The number of anilines is 2. The Hall–Kier alpha value is -2.04. The van der Waals surface area contributed by atoms with Crippen molar-refractivity contribution in [1.29, 1.82) is 0 Å². The van der Waals surface area contributed by atoms with Crippen molar-refractivity contribution in [3.8, 4) is 5.75 Å². The van der Waals surface area contributed by atoms with Crippen molar-refractivity contribution in [1.82, 2.24) is 0 Å². The molecule has 0 unspecified atom stereocenters. The number of methoxy groups -OCH3 is 1. The van der Waals surface area contributed by atoms with Gasteiger partial charge in [0.05, 0.1) is 12.8 Å². The van der Waals surface area contributed by atoms with Gasteiger partial charge in [-0.15, -0.1) is 0 Å². The van der Waals surface area contributed by atoms with Crippen molar-refractivity contribution < 1.29 is 14.3 Å². The molecule has 5 heteroatoms. The van der Waals surface area contributed by atoms with Crippen molar-refractivity contribution in [2.24, 2.45) is 0 Å². The summed E-state index contributed by atoms with van der Waals surface area (Å²) < 4.78 is 5.10. The first-order valence-corrected chi connectivity index (χ1v) is 4.76. The number of benzene rings is 1. The number of carbonyl (C=O) groups is 2. The maximum absolute atomic E-state index is 10.9. The van der Waals surface area contributed by atoms with Gasteiger partial charge in [0.2, 0.25) is 11.8 Å². The Labute approximate surface area is 93.8 Å². The molecule has 86 valence electrons. The molecule has 1 rings (SSSR count). The highest BCUT2D eigenvalue weighted by Crippen LogP contribution is 2.27. The van der Waals surface area contributed by atoms with Crippen LogP contribution in [0.1, 0.15) is 13.8 Å². The van der Waals surface area contributed by atoms with Gasteiger partial charge in [0.1, 0.15) is 5.75 Å². The zero-order valence-electron chi connectivity index (χ0n) is 9.46. The second-order valence-corrected chi connectivity index (χ2v) is 3.28. The van der Waals surface area contributed by atoms with E-state index >= 15 is 0 Å². The molecule has 2 N–H and O–H groups in total. The fourth-order valence-corrected chi connectivity index (χ4v) is 1.27. The number of hydrogen-bond donors (Lipinski definition) is 2. The Balaban J connectivity index is 2.96. The van der Waals surface area contributed by atoms with Crippen LogP contribution >= 0.6 is 0 Å². The highest BCUT2D eigenvalue weighted by Gasteiger charge is 2.06. The molecular formula is C11H14N2O3. The van der Waals surface area contributed by atoms with Crippen molar-refractivity contribution in [3.63, 3.8) is 0 Å². The van der Waals surface area contributed by atoms with Crippen LogP contribution in [0.2, 0.25) is 0 Å². The molecule has 0 saturated heterocycles. The molecular weight excluding hydrogens is 208 g/mol. The molecule has 1 aromatic carbocycles. The van der Waals surface area contributed by atoms with E-state index < -0.39 is 0 Å². The standard InChI is InChI=1S/C11H14N2O3/c1-7(14)12-9-4-5-10(13-8(2)15)11(6-9)16-3/h4-6H,1-3H3,(H,12,14)(H,13,15). The second-order valence-electron chi connectivity index (χ2n) is 3.28. The van der Waals surface area contributed by atoms with Crippen LogP contribution in [0.3, 0.4) is 0 Å². The summed E-state index contributed by atoms with van der Waals surface area (Å²) in [6, 6.07) is 5.01. The van der Waals surface area contributed by atoms with E-state index in [0.717, 1.165) is 0 Å². The molecule has 0 spiro atoms. The third-order valence-electron chi connectivity index (χ3n) is 1.83. The van der Waals surface area contributed by atoms with Gasteiger partial charge in [0, 0.05) is 25.6 Å². The van der Waals surface area contributed by atoms with E-state index in [1.807, 2.05) is 0 Å². The van der Waals surface area contributed by atoms with Gasteiger partial charge in [-0.3, -0.25) is 9.59 Å². The highest BCUT2D eigenvalue weighted by molar-refractivity contribution is 5.92. The number of carbonyl (C=O) groups excluding carboxylic acids is 2. The molecule has 0 aliphatic heterocycles. The van der Waals surface area contributed by atoms with Crippen LogP contribution in [0.25, 0.3) is 0 Å². The number of hydrogen-bond acceptors (Lipinski definition) is 3. The van der Waals surface area contributed by atoms with E-state index in [9.17, 15) is 9.59 Å². The average molecular weight is 222 g/mol. The van der Waals surface area contributed by atoms with E-state index in [1.54, 1.807) is 18.2 Å². The zero-order chi connectivity index (χ0) is 12.1. The largest absolute Gasteiger partial charge is 0.494 e. The molecule has 0 heterocycles. The van der Waals surface area contributed by atoms with E-state index in [4.69, 9.17) is 4.74 Å². The molecule has 0 aliphatic rings. The van der Waals surface area contributed by atoms with Gasteiger partial charge in [0.25, 0.3) is 0 Å². The molecule has 5 nitrogen and oxygen atoms in total. The topological polar surface area (TPSA) is 67.4 Å². The first-order chi connectivity index (χ1) is 7.52. The lowest BCUT2D eigenvalue weighted by Gasteiger charge is -2.10. The molecule has 1 aromatic rings. The molecule has 16 heavy (non-hydrogen) atoms. The van der Waals surface area contributed by atoms with E-state index in [-0.39, 0.29) is 11.8 Å². The van der Waals surface area contributed by atoms with Gasteiger partial charge in [-0.05, 0) is 12.1 Å². The van der Waals surface area contributed by atoms with Crippen LogP contribution in [-0.4, -0.2) is 18.9 Å². The first-order valence-electron chi connectivity index (χ1n) is 4.76. The predicted molar refractivity (Wildman–Crippen MR) is 61.6 cm³/mol. The van der Waals surface area contributed by atoms with Crippen LogP contribution < -0.4 is 15.4 Å². The monoisotopic (exact) mass is 222 g/mol.